The van der Waals surface area contributed by atoms with Crippen LogP contribution in [0.25, 0.3) is 0 Å². The zero-order chi connectivity index (χ0) is 11.6. The number of sulfonamides is 1. The van der Waals surface area contributed by atoms with Crippen molar-refractivity contribution in [1.29, 1.82) is 0 Å². The van der Waals surface area contributed by atoms with Crippen molar-refractivity contribution >= 4 is 33.2 Å². The summed E-state index contributed by atoms with van der Waals surface area (Å²) in [5.74, 6) is 0. The monoisotopic (exact) mass is 274 g/mol. The highest BCUT2D eigenvalue weighted by molar-refractivity contribution is 7.92. The Balaban J connectivity index is 2.58. The van der Waals surface area contributed by atoms with Gasteiger partial charge >= 0.3 is 0 Å². The largest absolute Gasteiger partial charge is 0.306 e. The quantitative estimate of drug-likeness (QED) is 0.724. The Hall–Kier alpha value is 0.450. The minimum Gasteiger partial charge on any atom is -0.306 e. The molecule has 15 heavy (non-hydrogen) atoms. The average Bonchev–Trinajstić information content (AvgIpc) is 2.17. The van der Waals surface area contributed by atoms with Gasteiger partial charge in [0, 0.05) is 19.1 Å². The molecule has 0 unspecified atom stereocenters. The van der Waals surface area contributed by atoms with Crippen molar-refractivity contribution in [2.45, 2.75) is 23.1 Å². The third-order valence-electron chi connectivity index (χ3n) is 2.74. The summed E-state index contributed by atoms with van der Waals surface area (Å²) < 4.78 is 23.2. The highest BCUT2D eigenvalue weighted by atomic mass is 35.5. The summed E-state index contributed by atoms with van der Waals surface area (Å²) in [5.41, 5.74) is 0. The van der Waals surface area contributed by atoms with Crippen LogP contribution < -0.4 is 0 Å². The van der Waals surface area contributed by atoms with E-state index in [1.165, 1.54) is 4.31 Å². The molecule has 4 nitrogen and oxygen atoms in total. The molecule has 1 aliphatic rings. The lowest BCUT2D eigenvalue weighted by atomic mass is 10.1. The van der Waals surface area contributed by atoms with Crippen LogP contribution >= 0.6 is 23.2 Å². The first-order valence-corrected chi connectivity index (χ1v) is 7.17. The predicted octanol–water partition coefficient (Wildman–Crippen LogP) is 1.10. The normalized spacial score (nSPS) is 21.5. The molecule has 0 aromatic rings. The Labute approximate surface area is 101 Å². The van der Waals surface area contributed by atoms with E-state index in [1.807, 2.05) is 14.1 Å². The Morgan fingerprint density at radius 1 is 1.27 bits per heavy atom. The fourth-order valence-corrected chi connectivity index (χ4v) is 3.35. The third-order valence-corrected chi connectivity index (χ3v) is 5.63. The Kier molecular flexibility index (Phi) is 4.67. The highest BCUT2D eigenvalue weighted by Crippen LogP contribution is 2.22. The van der Waals surface area contributed by atoms with Crippen LogP contribution in [-0.4, -0.2) is 55.0 Å². The molecule has 7 heteroatoms. The van der Waals surface area contributed by atoms with Gasteiger partial charge in [-0.3, -0.25) is 0 Å². The minimum absolute atomic E-state index is 0.445. The molecule has 1 rings (SSSR count). The maximum atomic E-state index is 11.6. The SMILES string of the molecule is CN(C)C1CCN(S(=O)(=O)C(Cl)Cl)CC1. The van der Waals surface area contributed by atoms with Gasteiger partial charge in [-0.2, -0.15) is 4.31 Å². The van der Waals surface area contributed by atoms with Crippen LogP contribution in [-0.2, 0) is 10.0 Å². The van der Waals surface area contributed by atoms with E-state index in [9.17, 15) is 8.42 Å². The fourth-order valence-electron chi connectivity index (χ4n) is 1.73. The number of nitrogens with zero attached hydrogens (tertiary/aromatic N) is 2. The van der Waals surface area contributed by atoms with Crippen LogP contribution in [0.5, 0.6) is 0 Å². The van der Waals surface area contributed by atoms with Gasteiger partial charge < -0.3 is 4.90 Å². The van der Waals surface area contributed by atoms with Crippen LogP contribution in [0, 0.1) is 0 Å². The van der Waals surface area contributed by atoms with E-state index in [0.717, 1.165) is 12.8 Å². The van der Waals surface area contributed by atoms with Crippen molar-refractivity contribution < 1.29 is 8.42 Å². The van der Waals surface area contributed by atoms with E-state index in [2.05, 4.69) is 4.90 Å². The lowest BCUT2D eigenvalue weighted by Crippen LogP contribution is -2.45. The van der Waals surface area contributed by atoms with Gasteiger partial charge in [-0.15, -0.1) is 0 Å². The van der Waals surface area contributed by atoms with E-state index < -0.39 is 14.2 Å². The molecular weight excluding hydrogens is 259 g/mol. The summed E-state index contributed by atoms with van der Waals surface area (Å²) in [7, 11) is 0.498. The van der Waals surface area contributed by atoms with Gasteiger partial charge in [-0.1, -0.05) is 23.2 Å². The molecular formula is C8H16Cl2N2O2S. The fraction of sp³-hybridized carbons (Fsp3) is 1.00. The molecule has 0 aliphatic carbocycles. The molecule has 0 N–H and O–H groups in total. The molecule has 0 radical (unpaired) electrons. The molecule has 1 aliphatic heterocycles. The first-order valence-electron chi connectivity index (χ1n) is 4.79. The smallest absolute Gasteiger partial charge is 0.245 e. The number of halogens is 2. The van der Waals surface area contributed by atoms with Crippen molar-refractivity contribution in [3.63, 3.8) is 0 Å². The molecule has 0 atom stereocenters. The molecule has 0 aromatic heterocycles. The van der Waals surface area contributed by atoms with Crippen molar-refractivity contribution in [3.8, 4) is 0 Å². The Bertz CT molecular complexity index is 298. The number of alkyl halides is 2. The summed E-state index contributed by atoms with van der Waals surface area (Å²) in [5, 5.41) is 0. The van der Waals surface area contributed by atoms with Crippen LogP contribution in [0.1, 0.15) is 12.8 Å². The van der Waals surface area contributed by atoms with Gasteiger partial charge in [-0.05, 0) is 26.9 Å². The van der Waals surface area contributed by atoms with Gasteiger partial charge in [-0.25, -0.2) is 8.42 Å². The molecule has 90 valence electrons. The number of rotatable bonds is 3. The van der Waals surface area contributed by atoms with Crippen LogP contribution in [0.15, 0.2) is 0 Å². The average molecular weight is 275 g/mol. The van der Waals surface area contributed by atoms with Gasteiger partial charge in [0.2, 0.25) is 14.2 Å². The van der Waals surface area contributed by atoms with Crippen molar-refractivity contribution in [3.05, 3.63) is 0 Å². The first kappa shape index (κ1) is 13.5. The number of hydrogen-bond donors (Lipinski definition) is 0. The minimum atomic E-state index is -3.50. The predicted molar refractivity (Wildman–Crippen MR) is 62.7 cm³/mol. The third kappa shape index (κ3) is 3.20. The Morgan fingerprint density at radius 3 is 2.07 bits per heavy atom. The van der Waals surface area contributed by atoms with E-state index >= 15 is 0 Å². The molecule has 1 fully saturated rings. The molecule has 0 spiro atoms. The zero-order valence-corrected chi connectivity index (χ0v) is 11.2. The number of piperidine rings is 1. The van der Waals surface area contributed by atoms with E-state index in [0.29, 0.717) is 19.1 Å². The Morgan fingerprint density at radius 2 is 1.73 bits per heavy atom. The molecule has 0 saturated carbocycles. The maximum absolute atomic E-state index is 11.6. The van der Waals surface area contributed by atoms with Gasteiger partial charge in [0.1, 0.15) is 0 Å². The summed E-state index contributed by atoms with van der Waals surface area (Å²) in [4.78, 5) is 2.11. The zero-order valence-electron chi connectivity index (χ0n) is 8.86. The lowest BCUT2D eigenvalue weighted by Gasteiger charge is -2.34. The van der Waals surface area contributed by atoms with Crippen LogP contribution in [0.2, 0.25) is 0 Å². The molecule has 0 bridgehead atoms. The molecule has 1 heterocycles. The molecule has 0 aromatic carbocycles. The van der Waals surface area contributed by atoms with Crippen molar-refractivity contribution in [2.75, 3.05) is 27.2 Å². The lowest BCUT2D eigenvalue weighted by molar-refractivity contribution is 0.197. The van der Waals surface area contributed by atoms with Crippen molar-refractivity contribution in [1.82, 2.24) is 9.21 Å². The van der Waals surface area contributed by atoms with E-state index in [-0.39, 0.29) is 0 Å². The summed E-state index contributed by atoms with van der Waals surface area (Å²) in [6.45, 7) is 1.00. The maximum Gasteiger partial charge on any atom is 0.245 e. The standard InChI is InChI=1S/C8H16Cl2N2O2S/c1-11(2)7-3-5-12(6-4-7)15(13,14)8(9)10/h7-8H,3-6H2,1-2H3. The summed E-state index contributed by atoms with van der Waals surface area (Å²) in [6.07, 6.45) is 1.65. The highest BCUT2D eigenvalue weighted by Gasteiger charge is 2.32. The van der Waals surface area contributed by atoms with Gasteiger partial charge in [0.05, 0.1) is 0 Å². The van der Waals surface area contributed by atoms with Gasteiger partial charge in [0.15, 0.2) is 0 Å². The second kappa shape index (κ2) is 5.19. The van der Waals surface area contributed by atoms with Crippen molar-refractivity contribution in [2.24, 2.45) is 0 Å². The topological polar surface area (TPSA) is 40.6 Å². The van der Waals surface area contributed by atoms with Crippen LogP contribution in [0.4, 0.5) is 0 Å². The van der Waals surface area contributed by atoms with Crippen LogP contribution in [0.3, 0.4) is 0 Å². The van der Waals surface area contributed by atoms with E-state index in [4.69, 9.17) is 23.2 Å². The first-order chi connectivity index (χ1) is 6.85. The second-order valence-electron chi connectivity index (χ2n) is 3.90. The van der Waals surface area contributed by atoms with E-state index in [1.54, 1.807) is 0 Å². The molecule has 1 saturated heterocycles. The number of hydrogen-bond acceptors (Lipinski definition) is 3. The molecule has 0 amide bonds. The van der Waals surface area contributed by atoms with Gasteiger partial charge in [0.25, 0.3) is 0 Å². The second-order valence-corrected chi connectivity index (χ2v) is 7.53. The summed E-state index contributed by atoms with van der Waals surface area (Å²) >= 11 is 10.9. The summed E-state index contributed by atoms with van der Waals surface area (Å²) in [6, 6.07) is 0.445.